The Hall–Kier alpha value is -2.29. The van der Waals surface area contributed by atoms with Crippen molar-refractivity contribution < 1.29 is 29.3 Å². The Balaban J connectivity index is 2.16. The van der Waals surface area contributed by atoms with Crippen molar-refractivity contribution in [3.05, 3.63) is 43.8 Å². The number of aliphatic hydroxyl groups is 1. The quantitative estimate of drug-likeness (QED) is 0.422. The molecule has 1 unspecified atom stereocenters. The van der Waals surface area contributed by atoms with Gasteiger partial charge < -0.3 is 19.7 Å². The Labute approximate surface area is 167 Å². The van der Waals surface area contributed by atoms with Crippen LogP contribution in [0.3, 0.4) is 0 Å². The van der Waals surface area contributed by atoms with Crippen LogP contribution in [0.25, 0.3) is 11.3 Å². The van der Waals surface area contributed by atoms with E-state index in [1.807, 2.05) is 0 Å². The molecule has 1 aliphatic heterocycles. The first-order chi connectivity index (χ1) is 12.8. The first-order valence-electron chi connectivity index (χ1n) is 7.76. The predicted octanol–water partition coefficient (Wildman–Crippen LogP) is 3.83. The maximum Gasteiger partial charge on any atom is 0.345 e. The zero-order valence-electron chi connectivity index (χ0n) is 13.9. The molecule has 2 N–H and O–H groups in total. The molecule has 142 valence electrons. The van der Waals surface area contributed by atoms with E-state index < -0.39 is 23.8 Å². The van der Waals surface area contributed by atoms with Crippen LogP contribution in [-0.2, 0) is 20.7 Å². The van der Waals surface area contributed by atoms with Gasteiger partial charge in [-0.05, 0) is 13.0 Å². The molecule has 0 bridgehead atoms. The molecule has 2 heterocycles. The van der Waals surface area contributed by atoms with Crippen LogP contribution in [0.15, 0.2) is 17.6 Å². The number of carboxylic acids is 1. The first kappa shape index (κ1) is 19.5. The molecule has 3 rings (SSSR count). The van der Waals surface area contributed by atoms with E-state index in [2.05, 4.69) is 4.98 Å². The fourth-order valence-electron chi connectivity index (χ4n) is 2.60. The minimum atomic E-state index is -1.14. The normalized spacial score (nSPS) is 16.3. The van der Waals surface area contributed by atoms with Gasteiger partial charge in [-0.3, -0.25) is 0 Å². The standard InChI is InChI=1S/C17H13Cl2NO6S/c1-2-25-17(24)10(15-20-3-4-27-15)13(21)8-5-7-6-9(16(22)23)26-14(7)12(19)11(8)18/h3-5,9,21H,2,6H2,1H3,(H,22,23). The summed E-state index contributed by atoms with van der Waals surface area (Å²) in [6.45, 7) is 1.74. The number of aromatic nitrogens is 1. The van der Waals surface area contributed by atoms with Crippen molar-refractivity contribution in [2.45, 2.75) is 19.4 Å². The fraction of sp³-hybridized carbons (Fsp3) is 0.235. The monoisotopic (exact) mass is 429 g/mol. The Morgan fingerprint density at radius 3 is 2.70 bits per heavy atom. The number of carbonyl (C=O) groups is 2. The number of thiazole rings is 1. The lowest BCUT2D eigenvalue weighted by molar-refractivity contribution is -0.144. The van der Waals surface area contributed by atoms with E-state index in [9.17, 15) is 14.7 Å². The number of carbonyl (C=O) groups excluding carboxylic acids is 1. The van der Waals surface area contributed by atoms with Crippen molar-refractivity contribution in [3.63, 3.8) is 0 Å². The molecule has 2 aromatic rings. The molecule has 0 fully saturated rings. The van der Waals surface area contributed by atoms with Gasteiger partial charge in [0.25, 0.3) is 0 Å². The van der Waals surface area contributed by atoms with Crippen LogP contribution in [-0.4, -0.2) is 39.8 Å². The van der Waals surface area contributed by atoms with Gasteiger partial charge in [0.05, 0.1) is 11.6 Å². The van der Waals surface area contributed by atoms with E-state index in [0.717, 1.165) is 11.3 Å². The zero-order valence-corrected chi connectivity index (χ0v) is 16.2. The van der Waals surface area contributed by atoms with Crippen LogP contribution in [0.5, 0.6) is 5.75 Å². The average Bonchev–Trinajstić information content (AvgIpc) is 3.28. The SMILES string of the molecule is CCOC(=O)C(=C(O)c1cc2c(c(Cl)c1Cl)OC(C(=O)O)C2)c1nccs1. The number of fused-ring (bicyclic) bond motifs is 1. The van der Waals surface area contributed by atoms with Gasteiger partial charge in [-0.25, -0.2) is 14.6 Å². The summed E-state index contributed by atoms with van der Waals surface area (Å²) in [4.78, 5) is 27.6. The highest BCUT2D eigenvalue weighted by atomic mass is 35.5. The Morgan fingerprint density at radius 1 is 1.37 bits per heavy atom. The summed E-state index contributed by atoms with van der Waals surface area (Å²) in [6.07, 6.45) is 0.432. The van der Waals surface area contributed by atoms with Crippen molar-refractivity contribution in [2.24, 2.45) is 0 Å². The summed E-state index contributed by atoms with van der Waals surface area (Å²) in [6, 6.07) is 1.45. The topological polar surface area (TPSA) is 106 Å². The van der Waals surface area contributed by atoms with Gasteiger partial charge in [0.2, 0.25) is 0 Å². The second-order valence-electron chi connectivity index (χ2n) is 5.47. The van der Waals surface area contributed by atoms with Crippen molar-refractivity contribution in [2.75, 3.05) is 6.61 Å². The molecule has 0 saturated carbocycles. The van der Waals surface area contributed by atoms with E-state index in [1.165, 1.54) is 12.3 Å². The third-order valence-electron chi connectivity index (χ3n) is 3.80. The fourth-order valence-corrected chi connectivity index (χ4v) is 3.77. The zero-order chi connectivity index (χ0) is 19.7. The number of esters is 1. The lowest BCUT2D eigenvalue weighted by Crippen LogP contribution is -2.24. The van der Waals surface area contributed by atoms with Gasteiger partial charge >= 0.3 is 11.9 Å². The Morgan fingerprint density at radius 2 is 2.11 bits per heavy atom. The summed E-state index contributed by atoms with van der Waals surface area (Å²) in [5, 5.41) is 21.7. The summed E-state index contributed by atoms with van der Waals surface area (Å²) in [5.74, 6) is -2.22. The smallest absolute Gasteiger partial charge is 0.345 e. The molecular formula is C17H13Cl2NO6S. The highest BCUT2D eigenvalue weighted by Crippen LogP contribution is 2.45. The number of nitrogens with zero attached hydrogens (tertiary/aromatic N) is 1. The molecule has 10 heteroatoms. The Bertz CT molecular complexity index is 941. The number of ether oxygens (including phenoxy) is 2. The number of hydrogen-bond acceptors (Lipinski definition) is 7. The molecule has 1 aromatic heterocycles. The van der Waals surface area contributed by atoms with Gasteiger partial charge in [-0.1, -0.05) is 23.2 Å². The number of carboxylic acid groups (broad SMARTS) is 1. The second kappa shape index (κ2) is 7.75. The maximum absolute atomic E-state index is 12.4. The molecule has 27 heavy (non-hydrogen) atoms. The molecule has 0 amide bonds. The van der Waals surface area contributed by atoms with Crippen molar-refractivity contribution in [1.82, 2.24) is 4.98 Å². The first-order valence-corrected chi connectivity index (χ1v) is 9.39. The summed E-state index contributed by atoms with van der Waals surface area (Å²) in [7, 11) is 0. The lowest BCUT2D eigenvalue weighted by Gasteiger charge is -2.13. The summed E-state index contributed by atoms with van der Waals surface area (Å²) < 4.78 is 10.3. The average molecular weight is 430 g/mol. The van der Waals surface area contributed by atoms with Gasteiger partial charge in [0.15, 0.2) is 6.10 Å². The van der Waals surface area contributed by atoms with E-state index in [1.54, 1.807) is 12.3 Å². The summed E-state index contributed by atoms with van der Waals surface area (Å²) >= 11 is 13.6. The molecule has 0 saturated heterocycles. The van der Waals surface area contributed by atoms with E-state index in [0.29, 0.717) is 5.56 Å². The van der Waals surface area contributed by atoms with Crippen LogP contribution in [0.2, 0.25) is 10.0 Å². The number of benzene rings is 1. The highest BCUT2D eigenvalue weighted by molar-refractivity contribution is 7.11. The molecule has 1 aliphatic rings. The minimum absolute atomic E-state index is 0.0400. The molecule has 0 aliphatic carbocycles. The molecule has 0 radical (unpaired) electrons. The van der Waals surface area contributed by atoms with Gasteiger partial charge in [0, 0.05) is 29.1 Å². The van der Waals surface area contributed by atoms with Crippen molar-refractivity contribution >= 4 is 57.8 Å². The van der Waals surface area contributed by atoms with Crippen LogP contribution in [0, 0.1) is 0 Å². The summed E-state index contributed by atoms with van der Waals surface area (Å²) in [5.41, 5.74) is 0.368. The van der Waals surface area contributed by atoms with Gasteiger partial charge in [-0.2, -0.15) is 0 Å². The molecule has 1 aromatic carbocycles. The third-order valence-corrected chi connectivity index (χ3v) is 5.44. The van der Waals surface area contributed by atoms with Crippen LogP contribution < -0.4 is 4.74 Å². The van der Waals surface area contributed by atoms with Crippen molar-refractivity contribution in [3.8, 4) is 5.75 Å². The van der Waals surface area contributed by atoms with E-state index >= 15 is 0 Å². The number of aliphatic carboxylic acids is 1. The molecule has 0 spiro atoms. The van der Waals surface area contributed by atoms with Crippen LogP contribution in [0.4, 0.5) is 0 Å². The number of aliphatic hydroxyl groups excluding tert-OH is 1. The molecular weight excluding hydrogens is 417 g/mol. The predicted molar refractivity (Wildman–Crippen MR) is 100 cm³/mol. The molecule has 7 nitrogen and oxygen atoms in total. The van der Waals surface area contributed by atoms with E-state index in [-0.39, 0.29) is 45.0 Å². The second-order valence-corrected chi connectivity index (χ2v) is 7.12. The number of halogens is 2. The van der Waals surface area contributed by atoms with Gasteiger partial charge in [-0.15, -0.1) is 11.3 Å². The van der Waals surface area contributed by atoms with E-state index in [4.69, 9.17) is 37.8 Å². The number of hydrogen-bond donors (Lipinski definition) is 2. The minimum Gasteiger partial charge on any atom is -0.506 e. The van der Waals surface area contributed by atoms with Gasteiger partial charge in [0.1, 0.15) is 27.1 Å². The lowest BCUT2D eigenvalue weighted by atomic mass is 10.0. The number of rotatable bonds is 5. The molecule has 1 atom stereocenters. The van der Waals surface area contributed by atoms with Crippen LogP contribution in [0.1, 0.15) is 23.1 Å². The van der Waals surface area contributed by atoms with Crippen molar-refractivity contribution in [1.29, 1.82) is 0 Å². The third kappa shape index (κ3) is 3.60. The Kier molecular flexibility index (Phi) is 5.59. The van der Waals surface area contributed by atoms with Crippen LogP contribution >= 0.6 is 34.5 Å². The maximum atomic E-state index is 12.4. The largest absolute Gasteiger partial charge is 0.506 e. The highest BCUT2D eigenvalue weighted by Gasteiger charge is 2.34.